The molecule has 3 heteroatoms. The van der Waals surface area contributed by atoms with Gasteiger partial charge >= 0.3 is 0 Å². The molecule has 0 aliphatic rings. The molecule has 0 fully saturated rings. The lowest BCUT2D eigenvalue weighted by Gasteiger charge is -2.20. The summed E-state index contributed by atoms with van der Waals surface area (Å²) in [4.78, 5) is 0. The Hall–Kier alpha value is -0.900. The lowest BCUT2D eigenvalue weighted by Crippen LogP contribution is -2.35. The Balaban J connectivity index is 2.33. The monoisotopic (exact) mass is 265 g/mol. The first-order valence-corrected chi connectivity index (χ1v) is 7.25. The van der Waals surface area contributed by atoms with Crippen molar-refractivity contribution in [3.8, 4) is 0 Å². The van der Waals surface area contributed by atoms with Crippen LogP contribution in [0.25, 0.3) is 0 Å². The van der Waals surface area contributed by atoms with Gasteiger partial charge in [0, 0.05) is 12.6 Å². The lowest BCUT2D eigenvalue weighted by molar-refractivity contribution is -0.0120. The third kappa shape index (κ3) is 6.19. The van der Waals surface area contributed by atoms with Crippen molar-refractivity contribution in [3.05, 3.63) is 35.9 Å². The van der Waals surface area contributed by atoms with E-state index in [9.17, 15) is 5.11 Å². The molecule has 1 aromatic carbocycles. The number of benzene rings is 1. The maximum Gasteiger partial charge on any atom is 0.0898 e. The van der Waals surface area contributed by atoms with Crippen LogP contribution in [0.5, 0.6) is 0 Å². The summed E-state index contributed by atoms with van der Waals surface area (Å²) in [6.07, 6.45) is 1.59. The molecule has 0 aliphatic carbocycles. The molecule has 3 nitrogen and oxygen atoms in total. The normalized spacial score (nSPS) is 16.0. The van der Waals surface area contributed by atoms with Crippen molar-refractivity contribution in [2.24, 2.45) is 0 Å². The van der Waals surface area contributed by atoms with E-state index < -0.39 is 6.10 Å². The summed E-state index contributed by atoms with van der Waals surface area (Å²) in [5.74, 6) is 0. The molecule has 0 saturated heterocycles. The molecular formula is C16H27NO2. The van der Waals surface area contributed by atoms with Crippen molar-refractivity contribution < 1.29 is 9.84 Å². The number of hydrogen-bond acceptors (Lipinski definition) is 3. The van der Waals surface area contributed by atoms with Crippen molar-refractivity contribution in [1.29, 1.82) is 0 Å². The fourth-order valence-corrected chi connectivity index (χ4v) is 1.89. The summed E-state index contributed by atoms with van der Waals surface area (Å²) >= 11 is 0. The zero-order chi connectivity index (χ0) is 14.1. The highest BCUT2D eigenvalue weighted by Gasteiger charge is 2.12. The Bertz CT molecular complexity index is 329. The van der Waals surface area contributed by atoms with Gasteiger partial charge in [-0.3, -0.25) is 0 Å². The number of nitrogens with one attached hydrogen (secondary N) is 1. The van der Waals surface area contributed by atoms with Gasteiger partial charge < -0.3 is 15.2 Å². The molecule has 3 atom stereocenters. The van der Waals surface area contributed by atoms with E-state index in [0.29, 0.717) is 19.2 Å². The van der Waals surface area contributed by atoms with Crippen LogP contribution in [0.4, 0.5) is 0 Å². The van der Waals surface area contributed by atoms with Crippen molar-refractivity contribution in [2.45, 2.75) is 51.9 Å². The molecule has 2 N–H and O–H groups in total. The van der Waals surface area contributed by atoms with Crippen LogP contribution in [0.15, 0.2) is 30.3 Å². The van der Waals surface area contributed by atoms with Gasteiger partial charge in [-0.15, -0.1) is 0 Å². The minimum Gasteiger partial charge on any atom is -0.389 e. The van der Waals surface area contributed by atoms with E-state index >= 15 is 0 Å². The summed E-state index contributed by atoms with van der Waals surface area (Å²) < 4.78 is 5.82. The van der Waals surface area contributed by atoms with Gasteiger partial charge in [0.15, 0.2) is 0 Å². The smallest absolute Gasteiger partial charge is 0.0898 e. The summed E-state index contributed by atoms with van der Waals surface area (Å²) in [5, 5.41) is 13.2. The van der Waals surface area contributed by atoms with Crippen LogP contribution in [-0.2, 0) is 4.74 Å². The maximum absolute atomic E-state index is 9.90. The van der Waals surface area contributed by atoms with E-state index in [4.69, 9.17) is 4.74 Å². The van der Waals surface area contributed by atoms with E-state index in [1.165, 1.54) is 5.56 Å². The summed E-state index contributed by atoms with van der Waals surface area (Å²) in [5.41, 5.74) is 1.17. The highest BCUT2D eigenvalue weighted by atomic mass is 16.5. The van der Waals surface area contributed by atoms with Crippen molar-refractivity contribution in [1.82, 2.24) is 5.32 Å². The molecule has 0 aromatic heterocycles. The standard InChI is InChI=1S/C16H27NO2/c1-4-13(3)17-11-15(18)12-19-16(5-2)14-9-7-6-8-10-14/h6-10,13,15-18H,4-5,11-12H2,1-3H3. The van der Waals surface area contributed by atoms with Gasteiger partial charge in [0.05, 0.1) is 18.8 Å². The lowest BCUT2D eigenvalue weighted by atomic mass is 10.1. The molecular weight excluding hydrogens is 238 g/mol. The molecule has 19 heavy (non-hydrogen) atoms. The first-order valence-electron chi connectivity index (χ1n) is 7.25. The van der Waals surface area contributed by atoms with Crippen LogP contribution in [0.2, 0.25) is 0 Å². The average Bonchev–Trinajstić information content (AvgIpc) is 2.46. The summed E-state index contributed by atoms with van der Waals surface area (Å²) in [7, 11) is 0. The quantitative estimate of drug-likeness (QED) is 0.721. The van der Waals surface area contributed by atoms with Gasteiger partial charge in [-0.05, 0) is 25.3 Å². The van der Waals surface area contributed by atoms with Crippen LogP contribution in [0, 0.1) is 0 Å². The topological polar surface area (TPSA) is 41.5 Å². The minimum absolute atomic E-state index is 0.0689. The van der Waals surface area contributed by atoms with Crippen LogP contribution >= 0.6 is 0 Å². The molecule has 3 unspecified atom stereocenters. The van der Waals surface area contributed by atoms with Gasteiger partial charge in [0.1, 0.15) is 0 Å². The van der Waals surface area contributed by atoms with Crippen LogP contribution in [-0.4, -0.2) is 30.4 Å². The van der Waals surface area contributed by atoms with Gasteiger partial charge in [0.25, 0.3) is 0 Å². The Kier molecular flexibility index (Phi) is 7.72. The number of rotatable bonds is 9. The van der Waals surface area contributed by atoms with Crippen LogP contribution in [0.3, 0.4) is 0 Å². The Morgan fingerprint density at radius 2 is 1.84 bits per heavy atom. The minimum atomic E-state index is -0.452. The second kappa shape index (κ2) is 9.08. The first kappa shape index (κ1) is 16.2. The largest absolute Gasteiger partial charge is 0.389 e. The average molecular weight is 265 g/mol. The molecule has 0 radical (unpaired) electrons. The molecule has 1 aromatic rings. The van der Waals surface area contributed by atoms with Gasteiger partial charge in [-0.1, -0.05) is 44.2 Å². The zero-order valence-corrected chi connectivity index (χ0v) is 12.3. The van der Waals surface area contributed by atoms with Gasteiger partial charge in [-0.25, -0.2) is 0 Å². The molecule has 108 valence electrons. The highest BCUT2D eigenvalue weighted by Crippen LogP contribution is 2.20. The summed E-state index contributed by atoms with van der Waals surface area (Å²) in [6, 6.07) is 10.6. The first-order chi connectivity index (χ1) is 9.17. The van der Waals surface area contributed by atoms with Gasteiger partial charge in [-0.2, -0.15) is 0 Å². The molecule has 0 bridgehead atoms. The van der Waals surface area contributed by atoms with Crippen molar-refractivity contribution >= 4 is 0 Å². The van der Waals surface area contributed by atoms with Crippen LogP contribution < -0.4 is 5.32 Å². The SMILES string of the molecule is CCC(C)NCC(O)COC(CC)c1ccccc1. The fraction of sp³-hybridized carbons (Fsp3) is 0.625. The Labute approximate surface area is 117 Å². The number of ether oxygens (including phenoxy) is 1. The van der Waals surface area contributed by atoms with E-state index in [1.54, 1.807) is 0 Å². The predicted molar refractivity (Wildman–Crippen MR) is 79.2 cm³/mol. The van der Waals surface area contributed by atoms with Crippen molar-refractivity contribution in [3.63, 3.8) is 0 Å². The van der Waals surface area contributed by atoms with E-state index in [1.807, 2.05) is 18.2 Å². The highest BCUT2D eigenvalue weighted by molar-refractivity contribution is 5.17. The number of aliphatic hydroxyl groups excluding tert-OH is 1. The third-order valence-corrected chi connectivity index (χ3v) is 3.35. The molecule has 0 heterocycles. The maximum atomic E-state index is 9.90. The number of hydrogen-bond donors (Lipinski definition) is 2. The molecule has 1 rings (SSSR count). The second-order valence-corrected chi connectivity index (χ2v) is 5.01. The fourth-order valence-electron chi connectivity index (χ4n) is 1.89. The van der Waals surface area contributed by atoms with Crippen molar-refractivity contribution in [2.75, 3.05) is 13.2 Å². The third-order valence-electron chi connectivity index (χ3n) is 3.35. The molecule has 0 aliphatic heterocycles. The predicted octanol–water partition coefficient (Wildman–Crippen LogP) is 2.90. The molecule has 0 amide bonds. The summed E-state index contributed by atoms with van der Waals surface area (Å²) in [6.45, 7) is 7.30. The van der Waals surface area contributed by atoms with E-state index in [2.05, 4.69) is 38.2 Å². The number of aliphatic hydroxyl groups is 1. The second-order valence-electron chi connectivity index (χ2n) is 5.01. The van der Waals surface area contributed by atoms with E-state index in [0.717, 1.165) is 12.8 Å². The zero-order valence-electron chi connectivity index (χ0n) is 12.3. The molecule has 0 spiro atoms. The van der Waals surface area contributed by atoms with Crippen LogP contribution in [0.1, 0.15) is 45.3 Å². The van der Waals surface area contributed by atoms with Gasteiger partial charge in [0.2, 0.25) is 0 Å². The molecule has 0 saturated carbocycles. The van der Waals surface area contributed by atoms with E-state index in [-0.39, 0.29) is 6.10 Å². The Morgan fingerprint density at radius 1 is 1.16 bits per heavy atom. The Morgan fingerprint density at radius 3 is 2.42 bits per heavy atom.